The molecule has 1 saturated carbocycles. The van der Waals surface area contributed by atoms with Crippen LogP contribution in [0.1, 0.15) is 69.6 Å². The summed E-state index contributed by atoms with van der Waals surface area (Å²) in [6, 6.07) is 0. The Kier molecular flexibility index (Phi) is 6.95. The summed E-state index contributed by atoms with van der Waals surface area (Å²) >= 11 is 0. The van der Waals surface area contributed by atoms with Gasteiger partial charge in [0.15, 0.2) is 11.5 Å². The molecule has 2 aromatic heterocycles. The van der Waals surface area contributed by atoms with Gasteiger partial charge in [-0.15, -0.1) is 0 Å². The van der Waals surface area contributed by atoms with Crippen molar-refractivity contribution in [1.29, 1.82) is 0 Å². The van der Waals surface area contributed by atoms with Crippen molar-refractivity contribution >= 4 is 11.8 Å². The Bertz CT molecular complexity index is 771. The lowest BCUT2D eigenvalue weighted by molar-refractivity contribution is -0.137. The van der Waals surface area contributed by atoms with Gasteiger partial charge in [-0.1, -0.05) is 50.1 Å². The maximum atomic E-state index is 11.3. The van der Waals surface area contributed by atoms with Crippen molar-refractivity contribution in [1.82, 2.24) is 20.1 Å². The smallest absolute Gasteiger partial charge is 0.304 e. The van der Waals surface area contributed by atoms with Crippen molar-refractivity contribution < 1.29 is 14.4 Å². The molecule has 2 heterocycles. The second-order valence-corrected chi connectivity index (χ2v) is 7.81. The van der Waals surface area contributed by atoms with E-state index < -0.39 is 5.97 Å². The summed E-state index contributed by atoms with van der Waals surface area (Å²) in [5, 5.41) is 13.4. The molecule has 8 heteroatoms. The first-order chi connectivity index (χ1) is 13.5. The second-order valence-electron chi connectivity index (χ2n) is 7.81. The first-order valence-corrected chi connectivity index (χ1v) is 10.1. The highest BCUT2D eigenvalue weighted by Crippen LogP contribution is 2.32. The number of carboxylic acids is 1. The number of anilines is 1. The van der Waals surface area contributed by atoms with E-state index in [9.17, 15) is 9.90 Å². The zero-order valence-electron chi connectivity index (χ0n) is 16.7. The summed E-state index contributed by atoms with van der Waals surface area (Å²) in [6.45, 7) is 0. The fraction of sp³-hybridized carbons (Fsp3) is 0.650. The molecule has 1 atom stereocenters. The largest absolute Gasteiger partial charge is 0.481 e. The fourth-order valence-corrected chi connectivity index (χ4v) is 3.97. The predicted octanol–water partition coefficient (Wildman–Crippen LogP) is 3.90. The molecule has 0 radical (unpaired) electrons. The van der Waals surface area contributed by atoms with Crippen LogP contribution in [0.3, 0.4) is 0 Å². The summed E-state index contributed by atoms with van der Waals surface area (Å²) in [6.07, 6.45) is 12.6. The van der Waals surface area contributed by atoms with E-state index in [-0.39, 0.29) is 12.3 Å². The van der Waals surface area contributed by atoms with E-state index in [1.807, 2.05) is 19.0 Å². The molecule has 1 aliphatic rings. The zero-order chi connectivity index (χ0) is 19.9. The molecule has 3 rings (SSSR count). The maximum Gasteiger partial charge on any atom is 0.304 e. The third-order valence-corrected chi connectivity index (χ3v) is 5.42. The Hall–Kier alpha value is -2.51. The van der Waals surface area contributed by atoms with Crippen LogP contribution in [0.4, 0.5) is 5.82 Å². The summed E-state index contributed by atoms with van der Waals surface area (Å²) in [4.78, 5) is 26.3. The van der Waals surface area contributed by atoms with E-state index in [4.69, 9.17) is 4.52 Å². The lowest BCUT2D eigenvalue weighted by atomic mass is 9.84. The van der Waals surface area contributed by atoms with Crippen LogP contribution in [-0.2, 0) is 4.79 Å². The Morgan fingerprint density at radius 1 is 1.25 bits per heavy atom. The Balaban J connectivity index is 1.70. The van der Waals surface area contributed by atoms with Gasteiger partial charge in [0.2, 0.25) is 11.7 Å². The van der Waals surface area contributed by atoms with E-state index in [0.29, 0.717) is 23.2 Å². The monoisotopic (exact) mass is 387 g/mol. The van der Waals surface area contributed by atoms with Crippen molar-refractivity contribution in [3.8, 4) is 11.5 Å². The van der Waals surface area contributed by atoms with Gasteiger partial charge in [-0.05, 0) is 12.3 Å². The third kappa shape index (κ3) is 5.27. The van der Waals surface area contributed by atoms with Gasteiger partial charge < -0.3 is 14.5 Å². The predicted molar refractivity (Wildman–Crippen MR) is 105 cm³/mol. The maximum absolute atomic E-state index is 11.3. The molecular formula is C20H29N5O3. The minimum absolute atomic E-state index is 0.00664. The molecule has 0 unspecified atom stereocenters. The van der Waals surface area contributed by atoms with Crippen molar-refractivity contribution in [2.24, 2.45) is 5.92 Å². The Morgan fingerprint density at radius 2 is 2.00 bits per heavy atom. The molecule has 152 valence electrons. The van der Waals surface area contributed by atoms with Crippen LogP contribution in [0.25, 0.3) is 11.5 Å². The molecule has 0 aliphatic heterocycles. The number of hydrogen-bond acceptors (Lipinski definition) is 7. The number of hydrogen-bond donors (Lipinski definition) is 1. The van der Waals surface area contributed by atoms with Crippen molar-refractivity contribution in [2.75, 3.05) is 19.0 Å². The van der Waals surface area contributed by atoms with Crippen LogP contribution < -0.4 is 4.90 Å². The van der Waals surface area contributed by atoms with Gasteiger partial charge in [-0.3, -0.25) is 4.79 Å². The molecule has 0 amide bonds. The first-order valence-electron chi connectivity index (χ1n) is 10.1. The highest BCUT2D eigenvalue weighted by atomic mass is 16.5. The van der Waals surface area contributed by atoms with Gasteiger partial charge in [0.25, 0.3) is 0 Å². The topological polar surface area (TPSA) is 105 Å². The van der Waals surface area contributed by atoms with Crippen LogP contribution in [-0.4, -0.2) is 45.3 Å². The van der Waals surface area contributed by atoms with Gasteiger partial charge in [0.05, 0.1) is 6.42 Å². The lowest BCUT2D eigenvalue weighted by Gasteiger charge is -2.21. The molecule has 0 saturated heterocycles. The van der Waals surface area contributed by atoms with Gasteiger partial charge >= 0.3 is 5.97 Å². The van der Waals surface area contributed by atoms with Crippen LogP contribution >= 0.6 is 0 Å². The van der Waals surface area contributed by atoms with Crippen LogP contribution in [0.15, 0.2) is 16.9 Å². The van der Waals surface area contributed by atoms with E-state index in [1.54, 1.807) is 12.4 Å². The minimum Gasteiger partial charge on any atom is -0.481 e. The zero-order valence-corrected chi connectivity index (χ0v) is 16.7. The average molecular weight is 387 g/mol. The number of carbonyl (C=O) groups is 1. The first kappa shape index (κ1) is 20.2. The second kappa shape index (κ2) is 9.61. The van der Waals surface area contributed by atoms with E-state index in [1.165, 1.54) is 32.1 Å². The lowest BCUT2D eigenvalue weighted by Crippen LogP contribution is -2.13. The SMILES string of the molecule is CN(C)c1nccnc1-c1noc([C@H](CCCC2CCCCC2)CC(=O)O)n1. The standard InChI is InChI=1S/C20H29N5O3/c1-25(2)19-17(21-11-12-22-19)18-23-20(28-24-18)15(13-16(26)27)10-6-9-14-7-4-3-5-8-14/h11-12,14-15H,3-10,13H2,1-2H3,(H,26,27)/t15-/m1/s1. The number of carboxylic acid groups (broad SMARTS) is 1. The summed E-state index contributed by atoms with van der Waals surface area (Å²) in [7, 11) is 3.74. The minimum atomic E-state index is -0.851. The van der Waals surface area contributed by atoms with Crippen LogP contribution in [0.2, 0.25) is 0 Å². The molecule has 0 bridgehead atoms. The van der Waals surface area contributed by atoms with Crippen molar-refractivity contribution in [2.45, 2.75) is 63.7 Å². The molecule has 0 spiro atoms. The summed E-state index contributed by atoms with van der Waals surface area (Å²) in [5.74, 6) is 1.00. The number of nitrogens with zero attached hydrogens (tertiary/aromatic N) is 5. The number of aliphatic carboxylic acids is 1. The van der Waals surface area contributed by atoms with Crippen molar-refractivity contribution in [3.05, 3.63) is 18.3 Å². The molecule has 28 heavy (non-hydrogen) atoms. The quantitative estimate of drug-likeness (QED) is 0.690. The molecule has 1 fully saturated rings. The molecule has 0 aromatic carbocycles. The molecule has 1 N–H and O–H groups in total. The summed E-state index contributed by atoms with van der Waals surface area (Å²) < 4.78 is 5.45. The highest BCUT2D eigenvalue weighted by Gasteiger charge is 2.25. The van der Waals surface area contributed by atoms with Gasteiger partial charge in [0, 0.05) is 32.4 Å². The van der Waals surface area contributed by atoms with Gasteiger partial charge in [-0.25, -0.2) is 9.97 Å². The van der Waals surface area contributed by atoms with E-state index in [0.717, 1.165) is 25.2 Å². The summed E-state index contributed by atoms with van der Waals surface area (Å²) in [5.41, 5.74) is 0.527. The van der Waals surface area contributed by atoms with Crippen molar-refractivity contribution in [3.63, 3.8) is 0 Å². The molecule has 2 aromatic rings. The average Bonchev–Trinajstić information content (AvgIpc) is 3.18. The van der Waals surface area contributed by atoms with E-state index in [2.05, 4.69) is 20.1 Å². The fourth-order valence-electron chi connectivity index (χ4n) is 3.97. The normalized spacial score (nSPS) is 16.1. The van der Waals surface area contributed by atoms with Gasteiger partial charge in [0.1, 0.15) is 0 Å². The van der Waals surface area contributed by atoms with E-state index >= 15 is 0 Å². The third-order valence-electron chi connectivity index (χ3n) is 5.42. The molecule has 8 nitrogen and oxygen atoms in total. The highest BCUT2D eigenvalue weighted by molar-refractivity contribution is 5.68. The Labute approximate surface area is 165 Å². The van der Waals surface area contributed by atoms with Crippen LogP contribution in [0, 0.1) is 5.92 Å². The van der Waals surface area contributed by atoms with Crippen LogP contribution in [0.5, 0.6) is 0 Å². The molecule has 1 aliphatic carbocycles. The number of aromatic nitrogens is 4. The number of rotatable bonds is 9. The Morgan fingerprint density at radius 3 is 2.71 bits per heavy atom. The van der Waals surface area contributed by atoms with Gasteiger partial charge in [-0.2, -0.15) is 4.98 Å². The molecular weight excluding hydrogens is 358 g/mol.